The van der Waals surface area contributed by atoms with E-state index in [-0.39, 0.29) is 50.6 Å². The van der Waals surface area contributed by atoms with Crippen LogP contribution in [0, 0.1) is 5.82 Å². The first kappa shape index (κ1) is 84.7. The lowest BCUT2D eigenvalue weighted by atomic mass is 9.90. The number of methoxy groups -OCH3 is 1. The van der Waals surface area contributed by atoms with E-state index >= 15 is 4.39 Å². The number of nitrogens with one attached hydrogen (secondary N) is 12. The van der Waals surface area contributed by atoms with Crippen LogP contribution in [0.1, 0.15) is 120 Å². The number of carboxylic acids is 1. The molecule has 5 aromatic rings. The van der Waals surface area contributed by atoms with Crippen LogP contribution in [0.4, 0.5) is 4.39 Å². The van der Waals surface area contributed by atoms with Crippen LogP contribution in [-0.4, -0.2) is 194 Å². The number of H-pyrrole nitrogens is 1. The molecule has 12 amide bonds. The number of rotatable bonds is 31. The number of carbonyl (C=O) groups is 13. The third-order valence-electron chi connectivity index (χ3n) is 18.0. The van der Waals surface area contributed by atoms with Crippen molar-refractivity contribution in [1.29, 1.82) is 0 Å². The fraction of sp³-hybridized carbons (Fsp3) is 0.459. The van der Waals surface area contributed by atoms with E-state index < -0.39 is 193 Å². The molecule has 578 valence electrons. The normalized spacial score (nSPS) is 19.3. The Balaban J connectivity index is 1.27. The molecular weight excluding hydrogens is 1390 g/mol. The number of nitrogens with zero attached hydrogens (tertiary/aromatic N) is 1. The Morgan fingerprint density at radius 3 is 2.14 bits per heavy atom. The van der Waals surface area contributed by atoms with Crippen LogP contribution in [0.3, 0.4) is 0 Å². The van der Waals surface area contributed by atoms with Gasteiger partial charge in [0.2, 0.25) is 70.9 Å². The molecule has 0 unspecified atom stereocenters. The lowest BCUT2D eigenvalue weighted by Gasteiger charge is -2.34. The molecule has 1 aliphatic heterocycles. The Hall–Kier alpha value is -11.2. The molecule has 4 aromatic carbocycles. The Labute approximate surface area is 618 Å². The van der Waals surface area contributed by atoms with E-state index in [4.69, 9.17) is 16.2 Å². The largest absolute Gasteiger partial charge is 0.497 e. The van der Waals surface area contributed by atoms with Gasteiger partial charge < -0.3 is 95.0 Å². The lowest BCUT2D eigenvalue weighted by molar-refractivity contribution is -0.139. The summed E-state index contributed by atoms with van der Waals surface area (Å²) < 4.78 is 21.0. The summed E-state index contributed by atoms with van der Waals surface area (Å²) in [6.45, 7) is 4.58. The SMILES string of the molecule is CCc1cc(OC)ccc1-c1ccc(C[C@H](NC(=O)[C@@H]2CCCCNC(=O)CC[C@H](NC(=O)CNC(=O)[C@H](CCC(=O)O)NC(=O)C(C)(C)NC(=O)[C@@H](N)Cc3cnc[nH]3)C(=O)N[C@@](C)(Cc3ccccc3F)C(=O)N[C@@H]([C@@H](C)O)C(=O)N[C@@H](CO)C(=O)N2)C(=O)N[C@@H](CCCc2ccccc2)C(N)=O)cc1. The van der Waals surface area contributed by atoms with Gasteiger partial charge in [0.15, 0.2) is 0 Å². The van der Waals surface area contributed by atoms with Gasteiger partial charge in [0.25, 0.3) is 0 Å². The standard InChI is InChI=1S/C74H98FN15O17/c1-7-45-35-49(107-6)27-28-50(45)46-25-23-44(24-26-46)34-57(67(101)83-53(63(77)97)22-15-18-43-16-9-8-10-17-43)85-66(100)54-21-13-14-33-79-59(93)31-29-56(69(103)90-74(5,37-47-19-11-12-20-51(47)75)72(106)88-62(42(2)92)70(104)86-58(40-91)68(102)84-54)82-60(94)39-80-65(99)55(30-32-61(95)96)87-71(105)73(3,4)89-64(98)52(76)36-48-38-78-41-81-48/h8-12,16-17,19-20,23-28,35,38,41-42,52-58,62,91-92H,7,13-15,18,21-22,29-34,36-37,39-40,76H2,1-6H3,(H2,77,97)(H,78,81)(H,79,93)(H,80,99)(H,82,94)(H,83,101)(H,84,102)(H,85,100)(H,86,104)(H,87,105)(H,88,106)(H,89,98)(H,90,103)(H,95,96)/t42-,52+,53+,54+,55+,56+,57+,58+,62+,74+/m1/s1. The predicted molar refractivity (Wildman–Crippen MR) is 387 cm³/mol. The highest BCUT2D eigenvalue weighted by Crippen LogP contribution is 2.29. The van der Waals surface area contributed by atoms with Gasteiger partial charge in [-0.15, -0.1) is 0 Å². The number of aliphatic carboxylic acids is 1. The van der Waals surface area contributed by atoms with Crippen molar-refractivity contribution in [3.8, 4) is 16.9 Å². The first-order valence-corrected chi connectivity index (χ1v) is 35.2. The van der Waals surface area contributed by atoms with Crippen molar-refractivity contribution in [3.63, 3.8) is 0 Å². The zero-order valence-corrected chi connectivity index (χ0v) is 60.6. The van der Waals surface area contributed by atoms with Gasteiger partial charge in [0.1, 0.15) is 64.9 Å². The molecule has 0 saturated carbocycles. The van der Waals surface area contributed by atoms with Gasteiger partial charge in [0.05, 0.1) is 38.7 Å². The molecule has 33 heteroatoms. The average Bonchev–Trinajstić information content (AvgIpc) is 1.000. The first-order valence-electron chi connectivity index (χ1n) is 35.2. The van der Waals surface area contributed by atoms with Crippen molar-refractivity contribution in [2.24, 2.45) is 11.5 Å². The average molecular weight is 1490 g/mol. The highest BCUT2D eigenvalue weighted by Gasteiger charge is 2.42. The Morgan fingerprint density at radius 1 is 0.785 bits per heavy atom. The van der Waals surface area contributed by atoms with E-state index in [1.807, 2.05) is 67.6 Å². The number of aromatic amines is 1. The molecule has 2 heterocycles. The van der Waals surface area contributed by atoms with Gasteiger partial charge >= 0.3 is 5.97 Å². The number of ether oxygens (including phenoxy) is 1. The highest BCUT2D eigenvalue weighted by atomic mass is 19.1. The zero-order valence-electron chi connectivity index (χ0n) is 60.6. The number of carboxylic acid groups (broad SMARTS) is 1. The molecule has 0 radical (unpaired) electrons. The number of aliphatic hydroxyl groups is 2. The van der Waals surface area contributed by atoms with Crippen molar-refractivity contribution >= 4 is 76.9 Å². The summed E-state index contributed by atoms with van der Waals surface area (Å²) in [6, 6.07) is 14.6. The molecule has 19 N–H and O–H groups in total. The third kappa shape index (κ3) is 26.4. The van der Waals surface area contributed by atoms with Crippen LogP contribution < -0.4 is 74.7 Å². The fourth-order valence-electron chi connectivity index (χ4n) is 11.7. The molecule has 0 spiro atoms. The van der Waals surface area contributed by atoms with E-state index in [1.54, 1.807) is 19.2 Å². The number of carbonyl (C=O) groups excluding carboxylic acids is 12. The van der Waals surface area contributed by atoms with Gasteiger partial charge in [-0.05, 0) is 137 Å². The van der Waals surface area contributed by atoms with E-state index in [0.29, 0.717) is 36.3 Å². The van der Waals surface area contributed by atoms with Crippen LogP contribution in [-0.2, 0) is 94.4 Å². The molecule has 0 aliphatic carbocycles. The zero-order chi connectivity index (χ0) is 78.5. The van der Waals surface area contributed by atoms with E-state index in [2.05, 4.69) is 68.5 Å². The Morgan fingerprint density at radius 2 is 1.50 bits per heavy atom. The summed E-state index contributed by atoms with van der Waals surface area (Å²) in [5.41, 5.74) is 12.5. The van der Waals surface area contributed by atoms with Crippen molar-refractivity contribution in [1.82, 2.24) is 68.5 Å². The smallest absolute Gasteiger partial charge is 0.303 e. The van der Waals surface area contributed by atoms with Crippen molar-refractivity contribution in [2.45, 2.75) is 190 Å². The number of imidazole rings is 1. The van der Waals surface area contributed by atoms with Crippen molar-refractivity contribution in [3.05, 3.63) is 143 Å². The summed E-state index contributed by atoms with van der Waals surface area (Å²) in [5, 5.41) is 58.7. The summed E-state index contributed by atoms with van der Waals surface area (Å²) in [7, 11) is 1.57. The summed E-state index contributed by atoms with van der Waals surface area (Å²) >= 11 is 0. The maximum absolute atomic E-state index is 15.6. The summed E-state index contributed by atoms with van der Waals surface area (Å²) in [4.78, 5) is 187. The van der Waals surface area contributed by atoms with Gasteiger partial charge in [-0.1, -0.05) is 85.8 Å². The monoisotopic (exact) mass is 1490 g/mol. The third-order valence-corrected chi connectivity index (χ3v) is 18.0. The topological polar surface area (TPSA) is 505 Å². The van der Waals surface area contributed by atoms with Crippen LogP contribution in [0.5, 0.6) is 5.75 Å². The number of primary amides is 1. The fourth-order valence-corrected chi connectivity index (χ4v) is 11.7. The summed E-state index contributed by atoms with van der Waals surface area (Å²) in [5.74, 6) is -13.7. The number of aryl methyl sites for hydroxylation is 2. The molecule has 0 bridgehead atoms. The van der Waals surface area contributed by atoms with Gasteiger partial charge in [-0.2, -0.15) is 0 Å². The minimum absolute atomic E-state index is 0.0135. The predicted octanol–water partition coefficient (Wildman–Crippen LogP) is -0.752. The number of hydrogen-bond acceptors (Lipinski definition) is 18. The number of nitrogens with two attached hydrogens (primary N) is 2. The molecule has 107 heavy (non-hydrogen) atoms. The maximum atomic E-state index is 15.6. The molecule has 1 aliphatic rings. The Kier molecular flexibility index (Phi) is 32.4. The molecule has 1 aromatic heterocycles. The summed E-state index contributed by atoms with van der Waals surface area (Å²) in [6.07, 6.45) is -0.396. The van der Waals surface area contributed by atoms with Gasteiger partial charge in [-0.3, -0.25) is 62.3 Å². The van der Waals surface area contributed by atoms with E-state index in [1.165, 1.54) is 44.6 Å². The second kappa shape index (κ2) is 40.9. The second-order valence-electron chi connectivity index (χ2n) is 26.9. The number of aromatic nitrogens is 2. The number of halogens is 1. The van der Waals surface area contributed by atoms with E-state index in [0.717, 1.165) is 42.2 Å². The van der Waals surface area contributed by atoms with E-state index in [9.17, 15) is 77.6 Å². The van der Waals surface area contributed by atoms with Crippen LogP contribution >= 0.6 is 0 Å². The van der Waals surface area contributed by atoms with Crippen molar-refractivity contribution in [2.75, 3.05) is 26.8 Å². The van der Waals surface area contributed by atoms with Crippen LogP contribution in [0.25, 0.3) is 11.1 Å². The maximum Gasteiger partial charge on any atom is 0.303 e. The second-order valence-corrected chi connectivity index (χ2v) is 26.9. The number of hydrogen-bond donors (Lipinski definition) is 17. The molecule has 1 saturated heterocycles. The number of amides is 12. The molecule has 32 nitrogen and oxygen atoms in total. The van der Waals surface area contributed by atoms with Crippen LogP contribution in [0.2, 0.25) is 0 Å². The molecule has 6 rings (SSSR count). The van der Waals surface area contributed by atoms with Crippen molar-refractivity contribution < 1.29 is 86.8 Å². The molecule has 10 atom stereocenters. The Bertz CT molecular complexity index is 3920. The quantitative estimate of drug-likeness (QED) is 0.0259. The number of benzene rings is 4. The van der Waals surface area contributed by atoms with Crippen LogP contribution in [0.15, 0.2) is 110 Å². The highest BCUT2D eigenvalue weighted by molar-refractivity contribution is 6.00. The van der Waals surface area contributed by atoms with Gasteiger partial charge in [-0.25, -0.2) is 9.37 Å². The molecular formula is C74H98FN15O17. The first-order chi connectivity index (χ1) is 50.8. The molecule has 1 fully saturated rings. The van der Waals surface area contributed by atoms with Gasteiger partial charge in [0, 0.05) is 50.5 Å². The minimum Gasteiger partial charge on any atom is -0.497 e. The lowest BCUT2D eigenvalue weighted by Crippen LogP contribution is -2.66. The minimum atomic E-state index is -2.34. The number of aliphatic hydroxyl groups excluding tert-OH is 2.